The number of aromatic nitrogens is 3. The Morgan fingerprint density at radius 1 is 1.24 bits per heavy atom. The van der Waals surface area contributed by atoms with E-state index in [9.17, 15) is 22.8 Å². The second-order valence-corrected chi connectivity index (χ2v) is 9.24. The van der Waals surface area contributed by atoms with Crippen LogP contribution in [0, 0.1) is 0 Å². The summed E-state index contributed by atoms with van der Waals surface area (Å²) in [6.07, 6.45) is -0.914. The molecule has 3 heterocycles. The summed E-state index contributed by atoms with van der Waals surface area (Å²) < 4.78 is 41.3. The second kappa shape index (κ2) is 9.56. The molecule has 0 bridgehead atoms. The maximum Gasteiger partial charge on any atom is 0.418 e. The number of hydrogen-bond donors (Lipinski definition) is 1. The van der Waals surface area contributed by atoms with Crippen LogP contribution in [0.5, 0.6) is 0 Å². The van der Waals surface area contributed by atoms with Gasteiger partial charge >= 0.3 is 6.18 Å². The number of amides is 1. The standard InChI is InChI=1S/C21H20F3N5O2S2/c1-2-9-29-18(31)16-17(26-19(33-16)28-10-5-6-11-28)27-20(29)32-12-15(30)25-14-8-4-3-7-13(14)21(22,23)24/h2-4,7-8H,1,5-6,9-12H2,(H,25,30). The molecule has 12 heteroatoms. The third kappa shape index (κ3) is 5.06. The smallest absolute Gasteiger partial charge is 0.348 e. The van der Waals surface area contributed by atoms with Crippen LogP contribution in [0.1, 0.15) is 18.4 Å². The highest BCUT2D eigenvalue weighted by Crippen LogP contribution is 2.35. The summed E-state index contributed by atoms with van der Waals surface area (Å²) >= 11 is 2.25. The van der Waals surface area contributed by atoms with Crippen molar-refractivity contribution >= 4 is 50.2 Å². The van der Waals surface area contributed by atoms with Gasteiger partial charge in [0.25, 0.3) is 5.56 Å². The van der Waals surface area contributed by atoms with Gasteiger partial charge in [-0.25, -0.2) is 4.98 Å². The lowest BCUT2D eigenvalue weighted by molar-refractivity contribution is -0.137. The number of fused-ring (bicyclic) bond motifs is 1. The van der Waals surface area contributed by atoms with Crippen LogP contribution in [0.2, 0.25) is 0 Å². The average Bonchev–Trinajstić information content (AvgIpc) is 3.44. The molecule has 2 aromatic heterocycles. The number of rotatable bonds is 7. The molecule has 1 aliphatic rings. The molecule has 1 fully saturated rings. The maximum atomic E-state index is 13.2. The van der Waals surface area contributed by atoms with Crippen LogP contribution in [-0.4, -0.2) is 39.3 Å². The van der Waals surface area contributed by atoms with Crippen LogP contribution in [0.25, 0.3) is 10.3 Å². The molecule has 0 aliphatic carbocycles. The molecule has 0 unspecified atom stereocenters. The number of para-hydroxylation sites is 1. The van der Waals surface area contributed by atoms with Gasteiger partial charge < -0.3 is 10.2 Å². The average molecular weight is 496 g/mol. The Labute approximate surface area is 195 Å². The van der Waals surface area contributed by atoms with Crippen LogP contribution in [0.4, 0.5) is 24.0 Å². The SMILES string of the molecule is C=CCn1c(SCC(=O)Nc2ccccc2C(F)(F)F)nc2nc(N3CCCC3)sc2c1=O. The van der Waals surface area contributed by atoms with Gasteiger partial charge in [0.2, 0.25) is 5.91 Å². The molecule has 4 rings (SSSR count). The van der Waals surface area contributed by atoms with Gasteiger partial charge in [0.1, 0.15) is 4.70 Å². The maximum absolute atomic E-state index is 13.2. The number of thiazole rings is 1. The third-order valence-corrected chi connectivity index (χ3v) is 7.07. The van der Waals surface area contributed by atoms with Gasteiger partial charge in [-0.1, -0.05) is 41.3 Å². The molecule has 7 nitrogen and oxygen atoms in total. The molecule has 3 aromatic rings. The van der Waals surface area contributed by atoms with Crippen LogP contribution < -0.4 is 15.8 Å². The van der Waals surface area contributed by atoms with E-state index >= 15 is 0 Å². The fourth-order valence-corrected chi connectivity index (χ4v) is 5.28. The molecular weight excluding hydrogens is 475 g/mol. The van der Waals surface area contributed by atoms with Crippen molar-refractivity contribution in [2.75, 3.05) is 29.1 Å². The van der Waals surface area contributed by atoms with Gasteiger partial charge in [0, 0.05) is 19.6 Å². The number of allylic oxidation sites excluding steroid dienone is 1. The Morgan fingerprint density at radius 3 is 2.67 bits per heavy atom. The monoisotopic (exact) mass is 495 g/mol. The Morgan fingerprint density at radius 2 is 1.97 bits per heavy atom. The number of anilines is 2. The Kier molecular flexibility index (Phi) is 6.75. The summed E-state index contributed by atoms with van der Waals surface area (Å²) in [6, 6.07) is 4.76. The minimum Gasteiger partial charge on any atom is -0.348 e. The number of thioether (sulfide) groups is 1. The van der Waals surface area contributed by atoms with Crippen LogP contribution >= 0.6 is 23.1 Å². The highest BCUT2D eigenvalue weighted by atomic mass is 32.2. The van der Waals surface area contributed by atoms with Crippen molar-refractivity contribution < 1.29 is 18.0 Å². The first-order valence-corrected chi connectivity index (χ1v) is 11.9. The molecule has 0 saturated carbocycles. The summed E-state index contributed by atoms with van der Waals surface area (Å²) in [6.45, 7) is 5.60. The highest BCUT2D eigenvalue weighted by Gasteiger charge is 2.33. The first kappa shape index (κ1) is 23.3. The molecular formula is C21H20F3N5O2S2. The molecule has 1 aromatic carbocycles. The fourth-order valence-electron chi connectivity index (χ4n) is 3.48. The summed E-state index contributed by atoms with van der Waals surface area (Å²) in [5.74, 6) is -0.878. The number of nitrogens with zero attached hydrogens (tertiary/aromatic N) is 4. The first-order valence-electron chi connectivity index (χ1n) is 10.1. The molecule has 1 aliphatic heterocycles. The van der Waals surface area contributed by atoms with Crippen molar-refractivity contribution in [3.05, 3.63) is 52.8 Å². The quantitative estimate of drug-likeness (QED) is 0.298. The highest BCUT2D eigenvalue weighted by molar-refractivity contribution is 7.99. The fraction of sp³-hybridized carbons (Fsp3) is 0.333. The number of benzene rings is 1. The van der Waals surface area contributed by atoms with E-state index in [2.05, 4.69) is 26.8 Å². The van der Waals surface area contributed by atoms with E-state index in [1.807, 2.05) is 0 Å². The molecule has 174 valence electrons. The van der Waals surface area contributed by atoms with Crippen LogP contribution in [0.15, 0.2) is 46.9 Å². The van der Waals surface area contributed by atoms with Gasteiger partial charge in [-0.05, 0) is 25.0 Å². The number of alkyl halides is 3. The minimum atomic E-state index is -4.59. The number of nitrogens with one attached hydrogen (secondary N) is 1. The Hall–Kier alpha value is -2.86. The van der Waals surface area contributed by atoms with E-state index in [1.54, 1.807) is 6.08 Å². The largest absolute Gasteiger partial charge is 0.418 e. The summed E-state index contributed by atoms with van der Waals surface area (Å²) in [7, 11) is 0. The normalized spacial score (nSPS) is 14.1. The van der Waals surface area contributed by atoms with Crippen molar-refractivity contribution in [1.29, 1.82) is 0 Å². The number of hydrogen-bond acceptors (Lipinski definition) is 7. The molecule has 33 heavy (non-hydrogen) atoms. The van der Waals surface area contributed by atoms with Crippen molar-refractivity contribution in [3.8, 4) is 0 Å². The van der Waals surface area contributed by atoms with E-state index in [0.717, 1.165) is 48.9 Å². The van der Waals surface area contributed by atoms with Crippen molar-refractivity contribution in [2.24, 2.45) is 0 Å². The predicted molar refractivity (Wildman–Crippen MR) is 124 cm³/mol. The van der Waals surface area contributed by atoms with Crippen LogP contribution in [0.3, 0.4) is 0 Å². The van der Waals surface area contributed by atoms with E-state index in [-0.39, 0.29) is 28.7 Å². The zero-order valence-electron chi connectivity index (χ0n) is 17.4. The molecule has 1 amide bonds. The zero-order chi connectivity index (χ0) is 23.6. The topological polar surface area (TPSA) is 80.1 Å². The van der Waals surface area contributed by atoms with E-state index in [1.165, 1.54) is 34.1 Å². The van der Waals surface area contributed by atoms with Gasteiger partial charge in [-0.15, -0.1) is 6.58 Å². The minimum absolute atomic E-state index is 0.180. The lowest BCUT2D eigenvalue weighted by Gasteiger charge is -2.14. The van der Waals surface area contributed by atoms with Crippen molar-refractivity contribution in [1.82, 2.24) is 14.5 Å². The van der Waals surface area contributed by atoms with Crippen LogP contribution in [-0.2, 0) is 17.5 Å². The van der Waals surface area contributed by atoms with Crippen molar-refractivity contribution in [2.45, 2.75) is 30.7 Å². The summed E-state index contributed by atoms with van der Waals surface area (Å²) in [5.41, 5.74) is -1.23. The lowest BCUT2D eigenvalue weighted by Crippen LogP contribution is -2.23. The van der Waals surface area contributed by atoms with Gasteiger partial charge in [-0.2, -0.15) is 18.2 Å². The van der Waals surface area contributed by atoms with Crippen molar-refractivity contribution in [3.63, 3.8) is 0 Å². The summed E-state index contributed by atoms with van der Waals surface area (Å²) in [5, 5.41) is 3.29. The molecule has 1 saturated heterocycles. The third-order valence-electron chi connectivity index (χ3n) is 5.00. The first-order chi connectivity index (χ1) is 15.8. The molecule has 0 atom stereocenters. The van der Waals surface area contributed by atoms with Gasteiger partial charge in [0.15, 0.2) is 15.9 Å². The lowest BCUT2D eigenvalue weighted by atomic mass is 10.1. The number of carbonyl (C=O) groups excluding carboxylic acids is 1. The van der Waals surface area contributed by atoms with E-state index in [4.69, 9.17) is 0 Å². The summed E-state index contributed by atoms with van der Waals surface area (Å²) in [4.78, 5) is 36.5. The van der Waals surface area contributed by atoms with E-state index < -0.39 is 17.6 Å². The molecule has 0 radical (unpaired) electrons. The molecule has 1 N–H and O–H groups in total. The van der Waals surface area contributed by atoms with E-state index in [0.29, 0.717) is 10.3 Å². The molecule has 0 spiro atoms. The second-order valence-electron chi connectivity index (χ2n) is 7.32. The predicted octanol–water partition coefficient (Wildman–Crippen LogP) is 4.39. The number of halogens is 3. The Bertz CT molecular complexity index is 1250. The van der Waals surface area contributed by atoms with Gasteiger partial charge in [0.05, 0.1) is 17.0 Å². The number of carbonyl (C=O) groups is 1. The zero-order valence-corrected chi connectivity index (χ0v) is 19.0. The Balaban J connectivity index is 1.56. The van der Waals surface area contributed by atoms with Gasteiger partial charge in [-0.3, -0.25) is 14.2 Å².